The maximum atomic E-state index is 10.4. The Balaban J connectivity index is -0.000000292. The van der Waals surface area contributed by atoms with Gasteiger partial charge in [-0.2, -0.15) is 0 Å². The summed E-state index contributed by atoms with van der Waals surface area (Å²) in [5.74, 6) is -2.27. The molecule has 0 aromatic carbocycles. The van der Waals surface area contributed by atoms with Crippen LogP contribution >= 0.6 is 0 Å². The Hall–Kier alpha value is -0.285. The van der Waals surface area contributed by atoms with Crippen LogP contribution in [0.5, 0.6) is 0 Å². The van der Waals surface area contributed by atoms with Crippen LogP contribution in [-0.2, 0) is 30.7 Å². The molecule has 0 aromatic rings. The van der Waals surface area contributed by atoms with Crippen LogP contribution in [-0.4, -0.2) is 30.2 Å². The smallest absolute Gasteiger partial charge is 0.503 e. The molecule has 0 bridgehead atoms. The second kappa shape index (κ2) is 9.91. The van der Waals surface area contributed by atoms with Gasteiger partial charge in [-0.25, -0.2) is 0 Å². The van der Waals surface area contributed by atoms with Gasteiger partial charge in [0.15, 0.2) is 5.97 Å². The molecule has 94 valence electrons. The summed E-state index contributed by atoms with van der Waals surface area (Å²) < 4.78 is 0. The number of hydrogen-bond acceptors (Lipinski definition) is 2. The molecule has 6 heteroatoms. The van der Waals surface area contributed by atoms with Gasteiger partial charge in [0, 0.05) is 8.07 Å². The molecule has 16 heavy (non-hydrogen) atoms. The van der Waals surface area contributed by atoms with Gasteiger partial charge in [-0.15, -0.1) is 0 Å². The van der Waals surface area contributed by atoms with Crippen molar-refractivity contribution in [3.8, 4) is 0 Å². The van der Waals surface area contributed by atoms with Crippen LogP contribution in [0.15, 0.2) is 0 Å². The largest absolute Gasteiger partial charge is 2.00 e. The SMILES string of the molecule is [CH2-]C(=O)O.[CH2-]C(CC[Si](C)(C)C)C(=O)O.[W+2]. The molecule has 0 aliphatic carbocycles. The van der Waals surface area contributed by atoms with Crippen molar-refractivity contribution in [1.82, 2.24) is 0 Å². The maximum Gasteiger partial charge on any atom is 2.00 e. The van der Waals surface area contributed by atoms with Gasteiger partial charge in [0.05, 0.1) is 0 Å². The van der Waals surface area contributed by atoms with Crippen molar-refractivity contribution < 1.29 is 40.9 Å². The van der Waals surface area contributed by atoms with Crippen molar-refractivity contribution in [2.45, 2.75) is 32.1 Å². The maximum absolute atomic E-state index is 10.4. The van der Waals surface area contributed by atoms with Crippen molar-refractivity contribution in [3.63, 3.8) is 0 Å². The molecule has 4 nitrogen and oxygen atoms in total. The van der Waals surface area contributed by atoms with Crippen LogP contribution in [0.4, 0.5) is 0 Å². The minimum Gasteiger partial charge on any atom is -0.503 e. The minimum atomic E-state index is -1.08. The summed E-state index contributed by atoms with van der Waals surface area (Å²) in [6.45, 7) is 12.8. The molecule has 1 atom stereocenters. The van der Waals surface area contributed by atoms with Gasteiger partial charge >= 0.3 is 21.1 Å². The third kappa shape index (κ3) is 23.5. The Bertz CT molecular complexity index is 209. The summed E-state index contributed by atoms with van der Waals surface area (Å²) in [7, 11) is -1.07. The van der Waals surface area contributed by atoms with Crippen molar-refractivity contribution in [1.29, 1.82) is 0 Å². The van der Waals surface area contributed by atoms with Crippen LogP contribution in [0.2, 0.25) is 25.7 Å². The molecule has 0 rings (SSSR count). The van der Waals surface area contributed by atoms with Gasteiger partial charge in [0.2, 0.25) is 0 Å². The molecule has 0 fully saturated rings. The Morgan fingerprint density at radius 2 is 1.56 bits per heavy atom. The molecule has 0 aliphatic rings. The predicted molar refractivity (Wildman–Crippen MR) is 62.2 cm³/mol. The molecule has 0 heterocycles. The van der Waals surface area contributed by atoms with Crippen molar-refractivity contribution >= 4 is 20.0 Å². The van der Waals surface area contributed by atoms with E-state index in [9.17, 15) is 4.79 Å². The van der Waals surface area contributed by atoms with Gasteiger partial charge < -0.3 is 17.1 Å². The van der Waals surface area contributed by atoms with Gasteiger partial charge in [0.1, 0.15) is 0 Å². The average molecular weight is 416 g/mol. The van der Waals surface area contributed by atoms with E-state index in [0.29, 0.717) is 0 Å². The molecule has 0 amide bonds. The number of carbonyl (C=O) groups is 2. The first kappa shape index (κ1) is 21.0. The zero-order valence-electron chi connectivity index (χ0n) is 10.0. The topological polar surface area (TPSA) is 74.6 Å². The van der Waals surface area contributed by atoms with E-state index in [1.54, 1.807) is 0 Å². The van der Waals surface area contributed by atoms with Crippen LogP contribution in [0.1, 0.15) is 6.42 Å². The normalized spacial score (nSPS) is 11.5. The second-order valence-corrected chi connectivity index (χ2v) is 10.1. The van der Waals surface area contributed by atoms with Crippen LogP contribution in [0, 0.1) is 19.8 Å². The third-order valence-corrected chi connectivity index (χ3v) is 3.38. The first-order valence-corrected chi connectivity index (χ1v) is 8.37. The molecular weight excluding hydrogens is 396 g/mol. The van der Waals surface area contributed by atoms with E-state index < -0.39 is 25.9 Å². The van der Waals surface area contributed by atoms with Gasteiger partial charge in [0.25, 0.3) is 5.97 Å². The fourth-order valence-corrected chi connectivity index (χ4v) is 1.95. The van der Waals surface area contributed by atoms with Gasteiger partial charge in [-0.3, -0.25) is 16.5 Å². The fraction of sp³-hybridized carbons (Fsp3) is 0.600. The fourth-order valence-electron chi connectivity index (χ4n) is 0.731. The summed E-state index contributed by atoms with van der Waals surface area (Å²) in [4.78, 5) is 19.3. The zero-order valence-corrected chi connectivity index (χ0v) is 14.0. The van der Waals surface area contributed by atoms with Crippen LogP contribution < -0.4 is 0 Å². The third-order valence-electron chi connectivity index (χ3n) is 1.59. The molecule has 0 aliphatic heterocycles. The van der Waals surface area contributed by atoms with Crippen molar-refractivity contribution in [2.24, 2.45) is 5.92 Å². The first-order chi connectivity index (χ1) is 6.56. The van der Waals surface area contributed by atoms with E-state index in [4.69, 9.17) is 15.0 Å². The van der Waals surface area contributed by atoms with Crippen LogP contribution in [0.3, 0.4) is 0 Å². The van der Waals surface area contributed by atoms with E-state index in [0.717, 1.165) is 12.5 Å². The molecule has 0 saturated heterocycles. The molecule has 0 spiro atoms. The molecular formula is C10H20O4SiW. The molecule has 0 saturated carbocycles. The number of hydrogen-bond donors (Lipinski definition) is 2. The van der Waals surface area contributed by atoms with Gasteiger partial charge in [-0.05, 0) is 0 Å². The van der Waals surface area contributed by atoms with Crippen molar-refractivity contribution in [2.75, 3.05) is 0 Å². The number of carboxylic acid groups (broad SMARTS) is 2. The summed E-state index contributed by atoms with van der Waals surface area (Å²) in [6, 6.07) is 1.05. The second-order valence-electron chi connectivity index (χ2n) is 4.53. The Morgan fingerprint density at radius 3 is 1.75 bits per heavy atom. The predicted octanol–water partition coefficient (Wildman–Crippen LogP) is 2.15. The molecule has 0 aromatic heterocycles. The summed E-state index contributed by atoms with van der Waals surface area (Å²) in [5, 5.41) is 15.8. The van der Waals surface area contributed by atoms with E-state index in [1.165, 1.54) is 0 Å². The van der Waals surface area contributed by atoms with E-state index in [2.05, 4.69) is 33.5 Å². The average Bonchev–Trinajstić information content (AvgIpc) is 1.97. The quantitative estimate of drug-likeness (QED) is 0.544. The summed E-state index contributed by atoms with van der Waals surface area (Å²) in [5.41, 5.74) is 0. The number of rotatable bonds is 4. The summed E-state index contributed by atoms with van der Waals surface area (Å²) >= 11 is 0. The van der Waals surface area contributed by atoms with Gasteiger partial charge in [-0.1, -0.05) is 38.0 Å². The minimum absolute atomic E-state index is 0. The first-order valence-electron chi connectivity index (χ1n) is 4.67. The van der Waals surface area contributed by atoms with Crippen molar-refractivity contribution in [3.05, 3.63) is 13.8 Å². The summed E-state index contributed by atoms with van der Waals surface area (Å²) in [6.07, 6.45) is 0.727. The number of aliphatic carboxylic acids is 2. The molecule has 2 N–H and O–H groups in total. The monoisotopic (exact) mass is 416 g/mol. The molecule has 1 unspecified atom stereocenters. The molecule has 0 radical (unpaired) electrons. The van der Waals surface area contributed by atoms with E-state index in [1.807, 2.05) is 0 Å². The number of carboxylic acids is 2. The van der Waals surface area contributed by atoms with Crippen LogP contribution in [0.25, 0.3) is 0 Å². The Labute approximate surface area is 113 Å². The zero-order chi connectivity index (χ0) is 12.6. The Morgan fingerprint density at radius 1 is 1.25 bits per heavy atom. The van der Waals surface area contributed by atoms with E-state index in [-0.39, 0.29) is 21.1 Å². The standard InChI is InChI=1S/C8H17O2Si.C2H3O2.W/c1-7(8(9)10)5-6-11(2,3)4;1-2(3)4;/h7H,1,5-6H2,2-4H3,(H,9,10);1H2,(H,3,4);/q2*-1;+2. The Kier molecular flexibility index (Phi) is 13.0. The van der Waals surface area contributed by atoms with E-state index >= 15 is 0 Å².